The number of aromatic nitrogens is 1. The molecule has 144 valence electrons. The van der Waals surface area contributed by atoms with Crippen molar-refractivity contribution in [1.29, 1.82) is 0 Å². The molecule has 0 spiro atoms. The van der Waals surface area contributed by atoms with Crippen LogP contribution in [-0.2, 0) is 4.74 Å². The van der Waals surface area contributed by atoms with Crippen molar-refractivity contribution < 1.29 is 14.5 Å². The molecule has 0 saturated carbocycles. The van der Waals surface area contributed by atoms with Crippen LogP contribution in [0.2, 0.25) is 0 Å². The number of benzene rings is 2. The third kappa shape index (κ3) is 3.73. The van der Waals surface area contributed by atoms with Crippen molar-refractivity contribution in [1.82, 2.24) is 4.98 Å². The average Bonchev–Trinajstić information content (AvgIpc) is 3.13. The molecule has 0 aliphatic heterocycles. The predicted molar refractivity (Wildman–Crippen MR) is 109 cm³/mol. The van der Waals surface area contributed by atoms with Gasteiger partial charge in [0, 0.05) is 31.5 Å². The number of nitrogens with one attached hydrogen (secondary N) is 1. The summed E-state index contributed by atoms with van der Waals surface area (Å²) >= 11 is 0. The first kappa shape index (κ1) is 19.2. The highest BCUT2D eigenvalue weighted by atomic mass is 16.6. The van der Waals surface area contributed by atoms with Crippen molar-refractivity contribution in [3.8, 4) is 22.5 Å². The number of carbonyl (C=O) groups excluding carboxylic acids is 1. The molecule has 7 nitrogen and oxygen atoms in total. The van der Waals surface area contributed by atoms with Crippen LogP contribution in [0.25, 0.3) is 22.5 Å². The minimum Gasteiger partial charge on any atom is -0.462 e. The lowest BCUT2D eigenvalue weighted by Crippen LogP contribution is -2.07. The van der Waals surface area contributed by atoms with Gasteiger partial charge in [0.15, 0.2) is 0 Å². The van der Waals surface area contributed by atoms with Gasteiger partial charge in [-0.2, -0.15) is 0 Å². The lowest BCUT2D eigenvalue weighted by molar-refractivity contribution is -0.384. The quantitative estimate of drug-likeness (QED) is 0.387. The van der Waals surface area contributed by atoms with Crippen LogP contribution in [0.15, 0.2) is 54.6 Å². The molecule has 0 unspecified atom stereocenters. The van der Waals surface area contributed by atoms with Crippen LogP contribution in [0.1, 0.15) is 17.3 Å². The molecule has 3 aromatic rings. The van der Waals surface area contributed by atoms with Crippen molar-refractivity contribution in [2.75, 3.05) is 25.6 Å². The number of esters is 1. The van der Waals surface area contributed by atoms with E-state index in [1.54, 1.807) is 31.2 Å². The molecular weight excluding hydrogens is 358 g/mol. The Hall–Kier alpha value is -3.61. The molecule has 0 bridgehead atoms. The van der Waals surface area contributed by atoms with Gasteiger partial charge in [-0.15, -0.1) is 0 Å². The van der Waals surface area contributed by atoms with E-state index in [9.17, 15) is 14.9 Å². The molecule has 1 heterocycles. The first-order valence-corrected chi connectivity index (χ1v) is 8.84. The lowest BCUT2D eigenvalue weighted by Gasteiger charge is -2.12. The highest BCUT2D eigenvalue weighted by Crippen LogP contribution is 2.35. The van der Waals surface area contributed by atoms with Crippen molar-refractivity contribution in [2.45, 2.75) is 6.92 Å². The maximum atomic E-state index is 12.5. The lowest BCUT2D eigenvalue weighted by atomic mass is 10.1. The zero-order valence-electron chi connectivity index (χ0n) is 15.9. The molecule has 0 saturated heterocycles. The summed E-state index contributed by atoms with van der Waals surface area (Å²) in [6.45, 7) is 1.93. The van der Waals surface area contributed by atoms with Crippen molar-refractivity contribution in [3.63, 3.8) is 0 Å². The number of para-hydroxylation sites is 1. The van der Waals surface area contributed by atoms with E-state index in [1.165, 1.54) is 6.07 Å². The number of hydrogen-bond acceptors (Lipinski definition) is 5. The SMILES string of the molecule is CCOC(=O)c1cc(-c2ccc(N(C)C)cc2)[nH]c1-c1ccccc1[N+](=O)[O-]. The number of nitro groups is 1. The number of nitro benzene ring substituents is 1. The van der Waals surface area contributed by atoms with Crippen LogP contribution in [0.5, 0.6) is 0 Å². The molecule has 2 aromatic carbocycles. The van der Waals surface area contributed by atoms with Gasteiger partial charge in [-0.25, -0.2) is 4.79 Å². The third-order valence-electron chi connectivity index (χ3n) is 4.38. The number of anilines is 1. The summed E-state index contributed by atoms with van der Waals surface area (Å²) in [4.78, 5) is 28.6. The number of aromatic amines is 1. The van der Waals surface area contributed by atoms with E-state index in [1.807, 2.05) is 43.3 Å². The topological polar surface area (TPSA) is 88.5 Å². The first-order chi connectivity index (χ1) is 13.4. The number of carbonyl (C=O) groups is 1. The molecule has 28 heavy (non-hydrogen) atoms. The summed E-state index contributed by atoms with van der Waals surface area (Å²) in [6.07, 6.45) is 0. The second kappa shape index (κ2) is 7.96. The van der Waals surface area contributed by atoms with Gasteiger partial charge >= 0.3 is 5.97 Å². The fraction of sp³-hybridized carbons (Fsp3) is 0.190. The van der Waals surface area contributed by atoms with Crippen LogP contribution in [-0.4, -0.2) is 36.6 Å². The van der Waals surface area contributed by atoms with Crippen molar-refractivity contribution in [2.24, 2.45) is 0 Å². The molecule has 3 rings (SSSR count). The van der Waals surface area contributed by atoms with Crippen LogP contribution in [0.4, 0.5) is 11.4 Å². The molecule has 1 N–H and O–H groups in total. The maximum Gasteiger partial charge on any atom is 0.340 e. The number of ether oxygens (including phenoxy) is 1. The van der Waals surface area contributed by atoms with Crippen molar-refractivity contribution in [3.05, 3.63) is 70.3 Å². The van der Waals surface area contributed by atoms with E-state index in [0.717, 1.165) is 11.3 Å². The molecule has 7 heteroatoms. The highest BCUT2D eigenvalue weighted by Gasteiger charge is 2.24. The molecular formula is C21H21N3O4. The highest BCUT2D eigenvalue weighted by molar-refractivity contribution is 5.99. The first-order valence-electron chi connectivity index (χ1n) is 8.84. The average molecular weight is 379 g/mol. The summed E-state index contributed by atoms with van der Waals surface area (Å²) in [5.74, 6) is -0.525. The second-order valence-electron chi connectivity index (χ2n) is 6.41. The summed E-state index contributed by atoms with van der Waals surface area (Å²) < 4.78 is 5.15. The van der Waals surface area contributed by atoms with Crippen LogP contribution in [0.3, 0.4) is 0 Å². The largest absolute Gasteiger partial charge is 0.462 e. The van der Waals surface area contributed by atoms with Gasteiger partial charge in [-0.3, -0.25) is 10.1 Å². The second-order valence-corrected chi connectivity index (χ2v) is 6.41. The van der Waals surface area contributed by atoms with E-state index >= 15 is 0 Å². The maximum absolute atomic E-state index is 12.5. The molecule has 0 amide bonds. The van der Waals surface area contributed by atoms with Crippen molar-refractivity contribution >= 4 is 17.3 Å². The fourth-order valence-corrected chi connectivity index (χ4v) is 2.98. The Labute approximate surface area is 162 Å². The van der Waals surface area contributed by atoms with Crippen LogP contribution < -0.4 is 4.90 Å². The minimum absolute atomic E-state index is 0.0793. The van der Waals surface area contributed by atoms with E-state index < -0.39 is 10.9 Å². The number of H-pyrrole nitrogens is 1. The number of nitrogens with zero attached hydrogens (tertiary/aromatic N) is 2. The third-order valence-corrected chi connectivity index (χ3v) is 4.38. The van der Waals surface area contributed by atoms with E-state index in [2.05, 4.69) is 4.98 Å². The monoisotopic (exact) mass is 379 g/mol. The Morgan fingerprint density at radius 2 is 1.82 bits per heavy atom. The normalized spacial score (nSPS) is 10.5. The van der Waals surface area contributed by atoms with Crippen LogP contribution in [0, 0.1) is 10.1 Å². The fourth-order valence-electron chi connectivity index (χ4n) is 2.98. The molecule has 1 aromatic heterocycles. The minimum atomic E-state index is -0.525. The summed E-state index contributed by atoms with van der Waals surface area (Å²) in [7, 11) is 3.91. The molecule has 0 radical (unpaired) electrons. The van der Waals surface area contributed by atoms with E-state index in [0.29, 0.717) is 17.0 Å². The van der Waals surface area contributed by atoms with Gasteiger partial charge in [0.1, 0.15) is 0 Å². The number of rotatable bonds is 6. The summed E-state index contributed by atoms with van der Waals surface area (Å²) in [5, 5.41) is 11.5. The van der Waals surface area contributed by atoms with Gasteiger partial charge in [0.2, 0.25) is 0 Å². The Morgan fingerprint density at radius 1 is 1.14 bits per heavy atom. The Kier molecular flexibility index (Phi) is 5.44. The predicted octanol–water partition coefficient (Wildman–Crippen LogP) is 4.50. The van der Waals surface area contributed by atoms with Crippen LogP contribution >= 0.6 is 0 Å². The van der Waals surface area contributed by atoms with Gasteiger partial charge < -0.3 is 14.6 Å². The molecule has 0 atom stereocenters. The Balaban J connectivity index is 2.14. The van der Waals surface area contributed by atoms with Gasteiger partial charge in [0.25, 0.3) is 5.69 Å². The van der Waals surface area contributed by atoms with Gasteiger partial charge in [-0.1, -0.05) is 24.3 Å². The summed E-state index contributed by atoms with van der Waals surface area (Å²) in [6, 6.07) is 15.8. The molecule has 0 aliphatic rings. The van der Waals surface area contributed by atoms with Gasteiger partial charge in [0.05, 0.1) is 28.4 Å². The van der Waals surface area contributed by atoms with Gasteiger partial charge in [-0.05, 0) is 36.8 Å². The zero-order valence-corrected chi connectivity index (χ0v) is 15.9. The van der Waals surface area contributed by atoms with E-state index in [-0.39, 0.29) is 17.9 Å². The summed E-state index contributed by atoms with van der Waals surface area (Å²) in [5.41, 5.74) is 3.48. The number of hydrogen-bond donors (Lipinski definition) is 1. The Morgan fingerprint density at radius 3 is 2.43 bits per heavy atom. The smallest absolute Gasteiger partial charge is 0.340 e. The van der Waals surface area contributed by atoms with E-state index in [4.69, 9.17) is 4.74 Å². The molecule has 0 aliphatic carbocycles. The zero-order chi connectivity index (χ0) is 20.3. The standard InChI is InChI=1S/C21H21N3O4/c1-4-28-21(25)17-13-18(14-9-11-15(12-10-14)23(2)3)22-20(17)16-7-5-6-8-19(16)24(26)27/h5-13,22H,4H2,1-3H3. The molecule has 0 fully saturated rings. The Bertz CT molecular complexity index is 1010.